The molecule has 7 heteroatoms. The molecule has 134 valence electrons. The second-order valence-corrected chi connectivity index (χ2v) is 6.44. The van der Waals surface area contributed by atoms with Gasteiger partial charge in [-0.3, -0.25) is 4.79 Å². The second kappa shape index (κ2) is 7.89. The number of hydrogen-bond acceptors (Lipinski definition) is 1. The minimum Gasteiger partial charge on any atom is -0.326 e. The average Bonchev–Trinajstić information content (AvgIpc) is 2.50. The number of likely N-dealkylation sites (N-methyl/N-ethyl adjacent to an activating group) is 1. The van der Waals surface area contributed by atoms with E-state index in [0.29, 0.717) is 6.54 Å². The smallest absolute Gasteiger partial charge is 0.326 e. The molecule has 0 radical (unpaired) electrons. The number of hydrogen-bond donors (Lipinski definition) is 2. The van der Waals surface area contributed by atoms with Crippen molar-refractivity contribution in [2.45, 2.75) is 19.6 Å². The maximum Gasteiger partial charge on any atom is 0.416 e. The maximum absolute atomic E-state index is 12.8. The number of halogens is 4. The lowest BCUT2D eigenvalue weighted by Gasteiger charge is -2.15. The molecule has 1 unspecified atom stereocenters. The molecular weight excluding hydrogens is 353 g/mol. The first-order valence-corrected chi connectivity index (χ1v) is 8.06. The third-order valence-electron chi connectivity index (χ3n) is 3.66. The van der Waals surface area contributed by atoms with Gasteiger partial charge in [0.1, 0.15) is 6.54 Å². The van der Waals surface area contributed by atoms with Crippen LogP contribution >= 0.6 is 11.6 Å². The Morgan fingerprint density at radius 2 is 1.80 bits per heavy atom. The van der Waals surface area contributed by atoms with E-state index in [1.54, 1.807) is 0 Å². The predicted molar refractivity (Wildman–Crippen MR) is 91.7 cm³/mol. The van der Waals surface area contributed by atoms with E-state index in [9.17, 15) is 18.0 Å². The highest BCUT2D eigenvalue weighted by Crippen LogP contribution is 2.33. The van der Waals surface area contributed by atoms with E-state index in [4.69, 9.17) is 11.6 Å². The summed E-state index contributed by atoms with van der Waals surface area (Å²) < 4.78 is 38.3. The largest absolute Gasteiger partial charge is 0.416 e. The van der Waals surface area contributed by atoms with Gasteiger partial charge in [-0.25, -0.2) is 0 Å². The highest BCUT2D eigenvalue weighted by atomic mass is 35.5. The third-order valence-corrected chi connectivity index (χ3v) is 3.99. The molecule has 3 nitrogen and oxygen atoms in total. The molecule has 2 rings (SSSR count). The van der Waals surface area contributed by atoms with Crippen LogP contribution in [-0.2, 0) is 17.5 Å². The van der Waals surface area contributed by atoms with Gasteiger partial charge in [0.25, 0.3) is 5.91 Å². The van der Waals surface area contributed by atoms with Crippen LogP contribution in [0.5, 0.6) is 0 Å². The molecule has 2 aromatic rings. The number of carbonyl (C=O) groups excluding carboxylic acids is 1. The lowest BCUT2D eigenvalue weighted by atomic mass is 10.1. The molecule has 2 aromatic carbocycles. The van der Waals surface area contributed by atoms with E-state index in [1.807, 2.05) is 38.2 Å². The number of alkyl halides is 3. The molecule has 0 fully saturated rings. The van der Waals surface area contributed by atoms with Crippen molar-refractivity contribution in [3.05, 3.63) is 64.2 Å². The number of carbonyl (C=O) groups is 1. The van der Waals surface area contributed by atoms with Gasteiger partial charge in [-0.15, -0.1) is 0 Å². The summed E-state index contributed by atoms with van der Waals surface area (Å²) >= 11 is 5.88. The zero-order chi connectivity index (χ0) is 18.6. The van der Waals surface area contributed by atoms with Crippen LogP contribution in [0.3, 0.4) is 0 Å². The van der Waals surface area contributed by atoms with Crippen molar-refractivity contribution in [2.24, 2.45) is 0 Å². The van der Waals surface area contributed by atoms with Crippen molar-refractivity contribution >= 4 is 23.2 Å². The Hall–Kier alpha value is -2.05. The molecule has 0 saturated carbocycles. The molecule has 0 heterocycles. The molecule has 0 saturated heterocycles. The fourth-order valence-corrected chi connectivity index (χ4v) is 2.55. The summed E-state index contributed by atoms with van der Waals surface area (Å²) in [7, 11) is 1.84. The summed E-state index contributed by atoms with van der Waals surface area (Å²) in [6.07, 6.45) is -4.49. The molecule has 0 aromatic heterocycles. The molecular formula is C18H19ClF3N2O+. The van der Waals surface area contributed by atoms with Crippen molar-refractivity contribution in [3.63, 3.8) is 0 Å². The van der Waals surface area contributed by atoms with E-state index in [2.05, 4.69) is 5.32 Å². The van der Waals surface area contributed by atoms with Gasteiger partial charge in [0.05, 0.1) is 23.3 Å². The third kappa shape index (κ3) is 5.76. The number of amides is 1. The predicted octanol–water partition coefficient (Wildman–Crippen LogP) is 3.32. The summed E-state index contributed by atoms with van der Waals surface area (Å²) in [4.78, 5) is 13.0. The van der Waals surface area contributed by atoms with Crippen molar-refractivity contribution in [2.75, 3.05) is 18.9 Å². The van der Waals surface area contributed by atoms with Gasteiger partial charge < -0.3 is 10.2 Å². The second-order valence-electron chi connectivity index (χ2n) is 6.04. The normalized spacial score (nSPS) is 12.7. The highest BCUT2D eigenvalue weighted by Gasteiger charge is 2.31. The van der Waals surface area contributed by atoms with Gasteiger partial charge >= 0.3 is 6.18 Å². The van der Waals surface area contributed by atoms with Crippen molar-refractivity contribution in [1.29, 1.82) is 0 Å². The van der Waals surface area contributed by atoms with Crippen molar-refractivity contribution in [3.8, 4) is 0 Å². The Labute approximate surface area is 149 Å². The fraction of sp³-hybridized carbons (Fsp3) is 0.278. The first-order valence-electron chi connectivity index (χ1n) is 7.68. The van der Waals surface area contributed by atoms with E-state index in [1.165, 1.54) is 0 Å². The van der Waals surface area contributed by atoms with Crippen LogP contribution in [0.1, 0.15) is 16.7 Å². The fourth-order valence-electron chi connectivity index (χ4n) is 2.38. The zero-order valence-corrected chi connectivity index (χ0v) is 14.6. The van der Waals surface area contributed by atoms with E-state index in [0.717, 1.165) is 34.2 Å². The first-order chi connectivity index (χ1) is 11.6. The number of quaternary nitrogens is 1. The molecule has 0 aliphatic heterocycles. The molecule has 25 heavy (non-hydrogen) atoms. The van der Waals surface area contributed by atoms with Crippen LogP contribution < -0.4 is 10.2 Å². The Bertz CT molecular complexity index is 745. The zero-order valence-electron chi connectivity index (χ0n) is 13.9. The SMILES string of the molecule is Cc1ccc(C[NH+](C)CC(=O)Nc2cc(C(F)(F)F)ccc2Cl)cc1. The molecule has 0 aliphatic carbocycles. The number of rotatable bonds is 5. The molecule has 0 bridgehead atoms. The Morgan fingerprint density at radius 3 is 2.40 bits per heavy atom. The summed E-state index contributed by atoms with van der Waals surface area (Å²) in [5, 5.41) is 2.52. The van der Waals surface area contributed by atoms with E-state index >= 15 is 0 Å². The molecule has 0 spiro atoms. The average molecular weight is 372 g/mol. The number of aryl methyl sites for hydroxylation is 1. The van der Waals surface area contributed by atoms with Crippen LogP contribution in [-0.4, -0.2) is 19.5 Å². The van der Waals surface area contributed by atoms with Crippen LogP contribution in [0.25, 0.3) is 0 Å². The topological polar surface area (TPSA) is 33.5 Å². The molecule has 1 amide bonds. The highest BCUT2D eigenvalue weighted by molar-refractivity contribution is 6.33. The molecule has 1 atom stereocenters. The van der Waals surface area contributed by atoms with Crippen LogP contribution in [0.4, 0.5) is 18.9 Å². The van der Waals surface area contributed by atoms with Gasteiger partial charge in [0, 0.05) is 5.56 Å². The lowest BCUT2D eigenvalue weighted by Crippen LogP contribution is -3.08. The minimum atomic E-state index is -4.49. The number of benzene rings is 2. The number of anilines is 1. The van der Waals surface area contributed by atoms with Gasteiger partial charge in [0.2, 0.25) is 0 Å². The Morgan fingerprint density at radius 1 is 1.16 bits per heavy atom. The van der Waals surface area contributed by atoms with Gasteiger partial charge in [-0.1, -0.05) is 41.4 Å². The Kier molecular flexibility index (Phi) is 6.08. The Balaban J connectivity index is 1.98. The van der Waals surface area contributed by atoms with Gasteiger partial charge in [0.15, 0.2) is 6.54 Å². The van der Waals surface area contributed by atoms with Crippen LogP contribution in [0.2, 0.25) is 5.02 Å². The van der Waals surface area contributed by atoms with Gasteiger partial charge in [-0.2, -0.15) is 13.2 Å². The van der Waals surface area contributed by atoms with Crippen molar-refractivity contribution in [1.82, 2.24) is 0 Å². The van der Waals surface area contributed by atoms with E-state index < -0.39 is 17.6 Å². The monoisotopic (exact) mass is 371 g/mol. The van der Waals surface area contributed by atoms with Crippen molar-refractivity contribution < 1.29 is 22.9 Å². The van der Waals surface area contributed by atoms with Crippen LogP contribution in [0.15, 0.2) is 42.5 Å². The summed E-state index contributed by atoms with van der Waals surface area (Å²) in [5.41, 5.74) is 1.34. The maximum atomic E-state index is 12.8. The molecule has 2 N–H and O–H groups in total. The quantitative estimate of drug-likeness (QED) is 0.830. The van der Waals surface area contributed by atoms with E-state index in [-0.39, 0.29) is 17.3 Å². The molecule has 0 aliphatic rings. The standard InChI is InChI=1S/C18H18ClF3N2O/c1-12-3-5-13(6-4-12)10-24(2)11-17(25)23-16-9-14(18(20,21)22)7-8-15(16)19/h3-9H,10-11H2,1-2H3,(H,23,25)/p+1. The summed E-state index contributed by atoms with van der Waals surface area (Å²) in [6.45, 7) is 2.73. The summed E-state index contributed by atoms with van der Waals surface area (Å²) in [6, 6.07) is 10.8. The van der Waals surface area contributed by atoms with Crippen LogP contribution in [0, 0.1) is 6.92 Å². The van der Waals surface area contributed by atoms with Gasteiger partial charge in [-0.05, 0) is 25.1 Å². The minimum absolute atomic E-state index is 0.0374. The first kappa shape index (κ1) is 19.3. The lowest BCUT2D eigenvalue weighted by molar-refractivity contribution is -0.885. The number of nitrogens with one attached hydrogen (secondary N) is 2. The summed E-state index contributed by atoms with van der Waals surface area (Å²) in [5.74, 6) is -0.397.